The Morgan fingerprint density at radius 1 is 1.27 bits per heavy atom. The maximum absolute atomic E-state index is 12.0. The minimum absolute atomic E-state index is 0.0361. The van der Waals surface area contributed by atoms with Gasteiger partial charge in [-0.2, -0.15) is 0 Å². The number of amides is 2. The first-order valence-corrected chi connectivity index (χ1v) is 7.91. The minimum Gasteiger partial charge on any atom is -0.365 e. The van der Waals surface area contributed by atoms with Crippen LogP contribution in [0.3, 0.4) is 0 Å². The van der Waals surface area contributed by atoms with Crippen molar-refractivity contribution in [2.45, 2.75) is 6.10 Å². The Kier molecular flexibility index (Phi) is 4.50. The van der Waals surface area contributed by atoms with Crippen molar-refractivity contribution in [3.8, 4) is 0 Å². The van der Waals surface area contributed by atoms with Crippen LogP contribution in [-0.2, 0) is 9.53 Å². The predicted octanol–water partition coefficient (Wildman–Crippen LogP) is 1.91. The first-order chi connectivity index (χ1) is 10.7. The van der Waals surface area contributed by atoms with Gasteiger partial charge < -0.3 is 15.0 Å². The molecule has 0 spiro atoms. The molecule has 6 heteroatoms. The number of nitrogens with zero attached hydrogens (tertiary/aromatic N) is 1. The summed E-state index contributed by atoms with van der Waals surface area (Å²) in [5.41, 5.74) is 0.852. The third-order valence-corrected chi connectivity index (χ3v) is 4.30. The molecule has 1 aromatic carbocycles. The van der Waals surface area contributed by atoms with Crippen molar-refractivity contribution in [2.75, 3.05) is 24.6 Å². The SMILES string of the molecule is O=C(NCC1CN(c2ccccc2)C(=O)CO1)c1cccs1. The molecule has 0 bridgehead atoms. The Hall–Kier alpha value is -2.18. The number of hydrogen-bond donors (Lipinski definition) is 1. The van der Waals surface area contributed by atoms with Gasteiger partial charge in [0.25, 0.3) is 11.8 Å². The van der Waals surface area contributed by atoms with E-state index in [4.69, 9.17) is 4.74 Å². The summed E-state index contributed by atoms with van der Waals surface area (Å²) in [4.78, 5) is 26.3. The van der Waals surface area contributed by atoms with Gasteiger partial charge in [0.05, 0.1) is 17.5 Å². The second-order valence-corrected chi connectivity index (χ2v) is 5.91. The zero-order chi connectivity index (χ0) is 15.4. The van der Waals surface area contributed by atoms with Crippen molar-refractivity contribution in [3.05, 3.63) is 52.7 Å². The zero-order valence-electron chi connectivity index (χ0n) is 11.9. The van der Waals surface area contributed by atoms with Gasteiger partial charge in [-0.3, -0.25) is 9.59 Å². The third kappa shape index (κ3) is 3.35. The highest BCUT2D eigenvalue weighted by Gasteiger charge is 2.27. The average Bonchev–Trinajstić information content (AvgIpc) is 3.09. The van der Waals surface area contributed by atoms with Crippen LogP contribution in [0.5, 0.6) is 0 Å². The first kappa shape index (κ1) is 14.7. The fourth-order valence-electron chi connectivity index (χ4n) is 2.31. The van der Waals surface area contributed by atoms with Gasteiger partial charge in [0.15, 0.2) is 0 Å². The van der Waals surface area contributed by atoms with Gasteiger partial charge >= 0.3 is 0 Å². The third-order valence-electron chi connectivity index (χ3n) is 3.43. The molecule has 1 aliphatic rings. The Balaban J connectivity index is 1.59. The van der Waals surface area contributed by atoms with E-state index < -0.39 is 0 Å². The lowest BCUT2D eigenvalue weighted by Gasteiger charge is -2.32. The summed E-state index contributed by atoms with van der Waals surface area (Å²) in [6, 6.07) is 13.1. The summed E-state index contributed by atoms with van der Waals surface area (Å²) in [7, 11) is 0. The van der Waals surface area contributed by atoms with Gasteiger partial charge in [-0.15, -0.1) is 11.3 Å². The highest BCUT2D eigenvalue weighted by molar-refractivity contribution is 7.12. The summed E-state index contributed by atoms with van der Waals surface area (Å²) in [6.07, 6.45) is -0.207. The Labute approximate surface area is 132 Å². The Bertz CT molecular complexity index is 643. The molecule has 5 nitrogen and oxygen atoms in total. The fraction of sp³-hybridized carbons (Fsp3) is 0.250. The lowest BCUT2D eigenvalue weighted by Crippen LogP contribution is -2.50. The molecule has 1 aromatic heterocycles. The van der Waals surface area contributed by atoms with Crippen molar-refractivity contribution in [2.24, 2.45) is 0 Å². The van der Waals surface area contributed by atoms with Crippen LogP contribution in [0.2, 0.25) is 0 Å². The van der Waals surface area contributed by atoms with Crippen LogP contribution in [0.1, 0.15) is 9.67 Å². The van der Waals surface area contributed by atoms with Crippen LogP contribution < -0.4 is 10.2 Å². The molecule has 0 aliphatic carbocycles. The molecule has 114 valence electrons. The number of morpholine rings is 1. The molecule has 2 amide bonds. The van der Waals surface area contributed by atoms with Crippen LogP contribution in [0.25, 0.3) is 0 Å². The van der Waals surface area contributed by atoms with E-state index in [1.165, 1.54) is 11.3 Å². The van der Waals surface area contributed by atoms with E-state index in [1.54, 1.807) is 11.0 Å². The average molecular weight is 316 g/mol. The minimum atomic E-state index is -0.207. The number of hydrogen-bond acceptors (Lipinski definition) is 4. The van der Waals surface area contributed by atoms with Crippen LogP contribution in [0, 0.1) is 0 Å². The normalized spacial score (nSPS) is 18.3. The number of benzene rings is 1. The van der Waals surface area contributed by atoms with Gasteiger partial charge in [0, 0.05) is 12.2 Å². The number of anilines is 1. The maximum Gasteiger partial charge on any atom is 0.261 e. The summed E-state index contributed by atoms with van der Waals surface area (Å²) in [6.45, 7) is 0.856. The fourth-order valence-corrected chi connectivity index (χ4v) is 2.95. The Morgan fingerprint density at radius 3 is 2.82 bits per heavy atom. The van der Waals surface area contributed by atoms with E-state index in [0.717, 1.165) is 5.69 Å². The lowest BCUT2D eigenvalue weighted by atomic mass is 10.2. The largest absolute Gasteiger partial charge is 0.365 e. The molecule has 1 fully saturated rings. The zero-order valence-corrected chi connectivity index (χ0v) is 12.7. The quantitative estimate of drug-likeness (QED) is 0.937. The smallest absolute Gasteiger partial charge is 0.261 e. The first-order valence-electron chi connectivity index (χ1n) is 7.03. The molecule has 2 aromatic rings. The van der Waals surface area contributed by atoms with E-state index in [1.807, 2.05) is 41.8 Å². The molecule has 3 rings (SSSR count). The van der Waals surface area contributed by atoms with Crippen LogP contribution >= 0.6 is 11.3 Å². The summed E-state index contributed by atoms with van der Waals surface area (Å²) in [5, 5.41) is 4.71. The van der Waals surface area contributed by atoms with Gasteiger partial charge in [-0.25, -0.2) is 0 Å². The number of nitrogens with one attached hydrogen (secondary N) is 1. The van der Waals surface area contributed by atoms with E-state index in [9.17, 15) is 9.59 Å². The van der Waals surface area contributed by atoms with Gasteiger partial charge in [-0.1, -0.05) is 24.3 Å². The summed E-state index contributed by atoms with van der Waals surface area (Å²) >= 11 is 1.40. The molecule has 0 saturated carbocycles. The standard InChI is InChI=1S/C16H16N2O3S/c19-15-11-21-13(9-17-16(20)14-7-4-8-22-14)10-18(15)12-5-2-1-3-6-12/h1-8,13H,9-11H2,(H,17,20). The van der Waals surface area contributed by atoms with Crippen LogP contribution in [0.4, 0.5) is 5.69 Å². The molecular formula is C16H16N2O3S. The van der Waals surface area contributed by atoms with Gasteiger partial charge in [0.1, 0.15) is 6.61 Å². The number of thiophene rings is 1. The number of carbonyl (C=O) groups is 2. The van der Waals surface area contributed by atoms with E-state index in [2.05, 4.69) is 5.32 Å². The molecule has 1 saturated heterocycles. The van der Waals surface area contributed by atoms with Crippen molar-refractivity contribution in [1.29, 1.82) is 0 Å². The highest BCUT2D eigenvalue weighted by Crippen LogP contribution is 2.18. The maximum atomic E-state index is 12.0. The van der Waals surface area contributed by atoms with E-state index in [0.29, 0.717) is 18.0 Å². The van der Waals surface area contributed by atoms with Crippen LogP contribution in [0.15, 0.2) is 47.8 Å². The number of carbonyl (C=O) groups excluding carboxylic acids is 2. The molecule has 2 heterocycles. The molecule has 22 heavy (non-hydrogen) atoms. The molecule has 0 radical (unpaired) electrons. The topological polar surface area (TPSA) is 58.6 Å². The summed E-state index contributed by atoms with van der Waals surface area (Å²) in [5.74, 6) is -0.172. The van der Waals surface area contributed by atoms with Crippen molar-refractivity contribution >= 4 is 28.8 Å². The second kappa shape index (κ2) is 6.72. The molecule has 1 unspecified atom stereocenters. The molecule has 1 N–H and O–H groups in total. The van der Waals surface area contributed by atoms with E-state index >= 15 is 0 Å². The van der Waals surface area contributed by atoms with Crippen molar-refractivity contribution in [1.82, 2.24) is 5.32 Å². The van der Waals surface area contributed by atoms with E-state index in [-0.39, 0.29) is 24.5 Å². The van der Waals surface area contributed by atoms with Gasteiger partial charge in [0.2, 0.25) is 0 Å². The lowest BCUT2D eigenvalue weighted by molar-refractivity contribution is -0.129. The molecule has 1 atom stereocenters. The van der Waals surface area contributed by atoms with Crippen molar-refractivity contribution in [3.63, 3.8) is 0 Å². The Morgan fingerprint density at radius 2 is 2.09 bits per heavy atom. The molecular weight excluding hydrogens is 300 g/mol. The predicted molar refractivity (Wildman–Crippen MR) is 85.2 cm³/mol. The van der Waals surface area contributed by atoms with Gasteiger partial charge in [-0.05, 0) is 23.6 Å². The van der Waals surface area contributed by atoms with Crippen LogP contribution in [-0.4, -0.2) is 37.6 Å². The molecule has 1 aliphatic heterocycles. The number of para-hydroxylation sites is 1. The monoisotopic (exact) mass is 316 g/mol. The second-order valence-electron chi connectivity index (χ2n) is 4.96. The van der Waals surface area contributed by atoms with Crippen molar-refractivity contribution < 1.29 is 14.3 Å². The number of ether oxygens (including phenoxy) is 1. The highest BCUT2D eigenvalue weighted by atomic mass is 32.1. The number of rotatable bonds is 4. The summed E-state index contributed by atoms with van der Waals surface area (Å²) < 4.78 is 5.51.